The fourth-order valence-corrected chi connectivity index (χ4v) is 1.82. The van der Waals surface area contributed by atoms with Crippen LogP contribution in [0.25, 0.3) is 11.3 Å². The molecule has 0 spiro atoms. The first-order valence-electron chi connectivity index (χ1n) is 6.09. The van der Waals surface area contributed by atoms with E-state index in [2.05, 4.69) is 10.3 Å². The lowest BCUT2D eigenvalue weighted by Crippen LogP contribution is -2.18. The number of carbonyl (C=O) groups is 1. The summed E-state index contributed by atoms with van der Waals surface area (Å²) in [5.74, 6) is -0.0605. The van der Waals surface area contributed by atoms with E-state index < -0.39 is 0 Å². The standard InChI is InChI=1S/C15H16N2O2/c1-11(19)16-8-12-6-7-15(17-9-12)14-5-3-2-4-13(14)10-18/h2-7,9,18H,8,10H2,1H3,(H,16,19). The maximum atomic E-state index is 10.8. The van der Waals surface area contributed by atoms with Crippen LogP contribution in [0.2, 0.25) is 0 Å². The van der Waals surface area contributed by atoms with Crippen molar-refractivity contribution < 1.29 is 9.90 Å². The number of benzene rings is 1. The number of hydrogen-bond acceptors (Lipinski definition) is 3. The third-order valence-corrected chi connectivity index (χ3v) is 2.83. The molecule has 2 aromatic rings. The van der Waals surface area contributed by atoms with Crippen LogP contribution in [-0.2, 0) is 17.9 Å². The van der Waals surface area contributed by atoms with Crippen LogP contribution < -0.4 is 5.32 Å². The second kappa shape index (κ2) is 6.11. The zero-order valence-corrected chi connectivity index (χ0v) is 10.8. The molecule has 0 aliphatic heterocycles. The molecular weight excluding hydrogens is 240 g/mol. The maximum absolute atomic E-state index is 10.8. The molecule has 0 radical (unpaired) electrons. The Bertz CT molecular complexity index is 565. The minimum Gasteiger partial charge on any atom is -0.392 e. The molecule has 0 saturated carbocycles. The van der Waals surface area contributed by atoms with Crippen LogP contribution in [0.4, 0.5) is 0 Å². The summed E-state index contributed by atoms with van der Waals surface area (Å²) < 4.78 is 0. The van der Waals surface area contributed by atoms with Gasteiger partial charge in [-0.25, -0.2) is 0 Å². The number of hydrogen-bond donors (Lipinski definition) is 2. The van der Waals surface area contributed by atoms with Crippen LogP contribution in [0.15, 0.2) is 42.6 Å². The highest BCUT2D eigenvalue weighted by atomic mass is 16.3. The van der Waals surface area contributed by atoms with Crippen molar-refractivity contribution in [3.63, 3.8) is 0 Å². The molecule has 4 nitrogen and oxygen atoms in total. The fourth-order valence-electron chi connectivity index (χ4n) is 1.82. The first-order chi connectivity index (χ1) is 9.20. The van der Waals surface area contributed by atoms with Gasteiger partial charge in [0.25, 0.3) is 0 Å². The fraction of sp³-hybridized carbons (Fsp3) is 0.200. The summed E-state index contributed by atoms with van der Waals surface area (Å²) in [6.07, 6.45) is 1.74. The molecule has 1 heterocycles. The zero-order chi connectivity index (χ0) is 13.7. The molecule has 0 unspecified atom stereocenters. The minimum atomic E-state index is -0.0605. The predicted molar refractivity (Wildman–Crippen MR) is 73.1 cm³/mol. The van der Waals surface area contributed by atoms with Gasteiger partial charge in [0.05, 0.1) is 12.3 Å². The molecule has 1 aromatic heterocycles. The van der Waals surface area contributed by atoms with Crippen LogP contribution >= 0.6 is 0 Å². The van der Waals surface area contributed by atoms with E-state index in [0.29, 0.717) is 6.54 Å². The average molecular weight is 256 g/mol. The monoisotopic (exact) mass is 256 g/mol. The number of rotatable bonds is 4. The summed E-state index contributed by atoms with van der Waals surface area (Å²) in [5.41, 5.74) is 3.54. The van der Waals surface area contributed by atoms with Gasteiger partial charge in [-0.1, -0.05) is 30.3 Å². The molecule has 1 amide bonds. The second-order valence-electron chi connectivity index (χ2n) is 4.28. The SMILES string of the molecule is CC(=O)NCc1ccc(-c2ccccc2CO)nc1. The van der Waals surface area contributed by atoms with Crippen molar-refractivity contribution in [1.29, 1.82) is 0 Å². The molecule has 2 N–H and O–H groups in total. The molecule has 0 aliphatic carbocycles. The summed E-state index contributed by atoms with van der Waals surface area (Å²) in [6.45, 7) is 1.95. The molecule has 0 atom stereocenters. The molecule has 0 saturated heterocycles. The first-order valence-corrected chi connectivity index (χ1v) is 6.09. The van der Waals surface area contributed by atoms with Gasteiger partial charge in [-0.2, -0.15) is 0 Å². The Morgan fingerprint density at radius 2 is 2.05 bits per heavy atom. The lowest BCUT2D eigenvalue weighted by atomic mass is 10.0. The molecule has 1 aromatic carbocycles. The number of nitrogens with zero attached hydrogens (tertiary/aromatic N) is 1. The number of aliphatic hydroxyl groups excluding tert-OH is 1. The van der Waals surface area contributed by atoms with E-state index in [1.807, 2.05) is 36.4 Å². The van der Waals surface area contributed by atoms with Gasteiger partial charge in [-0.3, -0.25) is 9.78 Å². The molecule has 0 fully saturated rings. The first kappa shape index (κ1) is 13.2. The number of aliphatic hydroxyl groups is 1. The molecular formula is C15H16N2O2. The van der Waals surface area contributed by atoms with E-state index in [0.717, 1.165) is 22.4 Å². The van der Waals surface area contributed by atoms with E-state index in [1.165, 1.54) is 6.92 Å². The van der Waals surface area contributed by atoms with Gasteiger partial charge in [0.2, 0.25) is 5.91 Å². The normalized spacial score (nSPS) is 10.2. The van der Waals surface area contributed by atoms with Crippen molar-refractivity contribution >= 4 is 5.91 Å². The van der Waals surface area contributed by atoms with E-state index in [4.69, 9.17) is 0 Å². The minimum absolute atomic E-state index is 0.00844. The Labute approximate surface area is 112 Å². The average Bonchev–Trinajstić information content (AvgIpc) is 2.45. The lowest BCUT2D eigenvalue weighted by molar-refractivity contribution is -0.119. The largest absolute Gasteiger partial charge is 0.392 e. The number of pyridine rings is 1. The Hall–Kier alpha value is -2.20. The summed E-state index contributed by atoms with van der Waals surface area (Å²) in [4.78, 5) is 15.2. The van der Waals surface area contributed by atoms with Crippen LogP contribution in [-0.4, -0.2) is 16.0 Å². The topological polar surface area (TPSA) is 62.2 Å². The third kappa shape index (κ3) is 3.39. The van der Waals surface area contributed by atoms with Crippen LogP contribution in [0.1, 0.15) is 18.1 Å². The van der Waals surface area contributed by atoms with Gasteiger partial charge in [0.1, 0.15) is 0 Å². The van der Waals surface area contributed by atoms with Crippen molar-refractivity contribution in [3.8, 4) is 11.3 Å². The Kier molecular flexibility index (Phi) is 4.26. The molecule has 4 heteroatoms. The van der Waals surface area contributed by atoms with E-state index in [1.54, 1.807) is 6.20 Å². The van der Waals surface area contributed by atoms with Crippen molar-refractivity contribution in [2.24, 2.45) is 0 Å². The second-order valence-corrected chi connectivity index (χ2v) is 4.28. The Morgan fingerprint density at radius 3 is 2.68 bits per heavy atom. The third-order valence-electron chi connectivity index (χ3n) is 2.83. The van der Waals surface area contributed by atoms with E-state index >= 15 is 0 Å². The van der Waals surface area contributed by atoms with Gasteiger partial charge in [0.15, 0.2) is 0 Å². The van der Waals surface area contributed by atoms with Gasteiger partial charge in [-0.05, 0) is 17.2 Å². The maximum Gasteiger partial charge on any atom is 0.217 e. The Morgan fingerprint density at radius 1 is 1.26 bits per heavy atom. The van der Waals surface area contributed by atoms with Crippen LogP contribution in [0.5, 0.6) is 0 Å². The van der Waals surface area contributed by atoms with Crippen molar-refractivity contribution in [3.05, 3.63) is 53.7 Å². The van der Waals surface area contributed by atoms with Crippen LogP contribution in [0.3, 0.4) is 0 Å². The molecule has 0 aliphatic rings. The highest BCUT2D eigenvalue weighted by Crippen LogP contribution is 2.21. The summed E-state index contributed by atoms with van der Waals surface area (Å²) >= 11 is 0. The summed E-state index contributed by atoms with van der Waals surface area (Å²) in [6, 6.07) is 11.4. The summed E-state index contributed by atoms with van der Waals surface area (Å²) in [7, 11) is 0. The number of amides is 1. The number of carbonyl (C=O) groups excluding carboxylic acids is 1. The zero-order valence-electron chi connectivity index (χ0n) is 10.8. The van der Waals surface area contributed by atoms with E-state index in [9.17, 15) is 9.90 Å². The highest BCUT2D eigenvalue weighted by molar-refractivity contribution is 5.72. The van der Waals surface area contributed by atoms with Gasteiger partial charge in [0, 0.05) is 25.2 Å². The van der Waals surface area contributed by atoms with Gasteiger partial charge < -0.3 is 10.4 Å². The quantitative estimate of drug-likeness (QED) is 0.878. The van der Waals surface area contributed by atoms with Crippen molar-refractivity contribution in [2.45, 2.75) is 20.1 Å². The van der Waals surface area contributed by atoms with Crippen LogP contribution in [0, 0.1) is 0 Å². The predicted octanol–water partition coefficient (Wildman–Crippen LogP) is 1.88. The Balaban J connectivity index is 2.20. The molecule has 2 rings (SSSR count). The lowest BCUT2D eigenvalue weighted by Gasteiger charge is -2.07. The number of nitrogens with one attached hydrogen (secondary N) is 1. The molecule has 19 heavy (non-hydrogen) atoms. The highest BCUT2D eigenvalue weighted by Gasteiger charge is 2.05. The molecule has 98 valence electrons. The smallest absolute Gasteiger partial charge is 0.217 e. The van der Waals surface area contributed by atoms with Crippen molar-refractivity contribution in [1.82, 2.24) is 10.3 Å². The van der Waals surface area contributed by atoms with E-state index in [-0.39, 0.29) is 12.5 Å². The van der Waals surface area contributed by atoms with Crippen molar-refractivity contribution in [2.75, 3.05) is 0 Å². The summed E-state index contributed by atoms with van der Waals surface area (Å²) in [5, 5.41) is 12.0. The molecule has 0 bridgehead atoms. The van der Waals surface area contributed by atoms with Gasteiger partial charge >= 0.3 is 0 Å². The number of aromatic nitrogens is 1. The van der Waals surface area contributed by atoms with Gasteiger partial charge in [-0.15, -0.1) is 0 Å².